The van der Waals surface area contributed by atoms with Crippen molar-refractivity contribution < 1.29 is 14.3 Å². The molecule has 0 bridgehead atoms. The molecule has 10 nitrogen and oxygen atoms in total. The van der Waals surface area contributed by atoms with E-state index in [-0.39, 0.29) is 6.09 Å². The van der Waals surface area contributed by atoms with Gasteiger partial charge in [0.25, 0.3) is 0 Å². The Balaban J connectivity index is 1.37. The molecule has 2 aromatic heterocycles. The summed E-state index contributed by atoms with van der Waals surface area (Å²) in [5.74, 6) is 1.45. The Morgan fingerprint density at radius 3 is 2.69 bits per heavy atom. The van der Waals surface area contributed by atoms with E-state index in [1.165, 1.54) is 0 Å². The summed E-state index contributed by atoms with van der Waals surface area (Å²) in [6.45, 7) is 14.2. The molecule has 1 amide bonds. The summed E-state index contributed by atoms with van der Waals surface area (Å²) in [5.41, 5.74) is 3.27. The maximum absolute atomic E-state index is 12.5. The van der Waals surface area contributed by atoms with E-state index in [1.54, 1.807) is 4.90 Å². The fourth-order valence-corrected chi connectivity index (χ4v) is 4.23. The van der Waals surface area contributed by atoms with Crippen LogP contribution in [0.4, 0.5) is 22.2 Å². The minimum atomic E-state index is -0.524. The number of aromatic nitrogens is 3. The number of carbonyl (C=O) groups is 1. The van der Waals surface area contributed by atoms with Gasteiger partial charge in [-0.25, -0.2) is 19.7 Å². The van der Waals surface area contributed by atoms with Crippen molar-refractivity contribution >= 4 is 23.5 Å². The summed E-state index contributed by atoms with van der Waals surface area (Å²) in [6, 6.07) is 2.06. The third kappa shape index (κ3) is 6.79. The molecule has 0 aromatic carbocycles. The maximum Gasteiger partial charge on any atom is 0.410 e. The second-order valence-corrected chi connectivity index (χ2v) is 10.2. The number of carbonyl (C=O) groups excluding carboxylic acids is 1. The van der Waals surface area contributed by atoms with Crippen LogP contribution in [-0.4, -0.2) is 89.4 Å². The van der Waals surface area contributed by atoms with Crippen molar-refractivity contribution in [3.63, 3.8) is 0 Å². The zero-order chi connectivity index (χ0) is 25.0. The molecule has 2 aliphatic heterocycles. The van der Waals surface area contributed by atoms with Gasteiger partial charge < -0.3 is 24.6 Å². The highest BCUT2D eigenvalue weighted by atomic mass is 16.6. The zero-order valence-electron chi connectivity index (χ0n) is 21.5. The normalized spacial score (nSPS) is 16.5. The molecule has 35 heavy (non-hydrogen) atoms. The number of fused-ring (bicyclic) bond motifs is 1. The number of nitrogens with zero attached hydrogens (tertiary/aromatic N) is 6. The number of likely N-dealkylation sites (N-methyl/N-ethyl adjacent to an activating group) is 1. The van der Waals surface area contributed by atoms with E-state index < -0.39 is 5.60 Å². The fourth-order valence-electron chi connectivity index (χ4n) is 4.23. The first-order valence-electron chi connectivity index (χ1n) is 12.3. The number of amides is 1. The number of hydrogen-bond donors (Lipinski definition) is 1. The van der Waals surface area contributed by atoms with Gasteiger partial charge in [-0.05, 0) is 51.3 Å². The quantitative estimate of drug-likeness (QED) is 0.665. The Morgan fingerprint density at radius 2 is 1.97 bits per heavy atom. The molecule has 4 heterocycles. The first kappa shape index (κ1) is 25.1. The van der Waals surface area contributed by atoms with E-state index in [0.29, 0.717) is 25.5 Å². The molecule has 4 rings (SSSR count). The van der Waals surface area contributed by atoms with Gasteiger partial charge in [0.05, 0.1) is 37.3 Å². The lowest BCUT2D eigenvalue weighted by molar-refractivity contribution is 0.0220. The van der Waals surface area contributed by atoms with Crippen molar-refractivity contribution in [2.45, 2.75) is 46.3 Å². The Morgan fingerprint density at radius 1 is 1.20 bits per heavy atom. The average Bonchev–Trinajstić information content (AvgIpc) is 2.82. The molecular formula is C25H37N7O3. The molecule has 2 aliphatic rings. The minimum absolute atomic E-state index is 0.315. The Hall–Kier alpha value is -2.98. The first-order chi connectivity index (χ1) is 16.7. The fraction of sp³-hybridized carbons (Fsp3) is 0.600. The van der Waals surface area contributed by atoms with Gasteiger partial charge in [0.2, 0.25) is 5.95 Å². The summed E-state index contributed by atoms with van der Waals surface area (Å²) in [5, 5.41) is 3.27. The molecule has 190 valence electrons. The van der Waals surface area contributed by atoms with E-state index in [1.807, 2.05) is 33.2 Å². The summed E-state index contributed by atoms with van der Waals surface area (Å²) >= 11 is 0. The smallest absolute Gasteiger partial charge is 0.410 e. The van der Waals surface area contributed by atoms with Crippen molar-refractivity contribution in [1.82, 2.24) is 24.8 Å². The van der Waals surface area contributed by atoms with Gasteiger partial charge in [-0.3, -0.25) is 4.90 Å². The van der Waals surface area contributed by atoms with E-state index in [2.05, 4.69) is 45.1 Å². The molecule has 2 aromatic rings. The monoisotopic (exact) mass is 483 g/mol. The van der Waals surface area contributed by atoms with Crippen LogP contribution in [0.5, 0.6) is 0 Å². The largest absolute Gasteiger partial charge is 0.444 e. The molecule has 1 N–H and O–H groups in total. The van der Waals surface area contributed by atoms with Crippen molar-refractivity contribution in [3.05, 3.63) is 35.3 Å². The molecule has 1 saturated heterocycles. The molecule has 1 fully saturated rings. The summed E-state index contributed by atoms with van der Waals surface area (Å²) in [7, 11) is 2.08. The number of ether oxygens (including phenoxy) is 2. The zero-order valence-corrected chi connectivity index (χ0v) is 21.5. The maximum atomic E-state index is 12.5. The summed E-state index contributed by atoms with van der Waals surface area (Å²) < 4.78 is 10.9. The predicted molar refractivity (Wildman–Crippen MR) is 135 cm³/mol. The lowest BCUT2D eigenvalue weighted by atomic mass is 10.1. The molecule has 10 heteroatoms. The molecular weight excluding hydrogens is 446 g/mol. The van der Waals surface area contributed by atoms with Crippen LogP contribution in [0.1, 0.15) is 37.6 Å². The standard InChI is InChI=1S/C25H37N7O3/c1-18-14-20(16-26-22(18)30(5)8-9-31-10-12-34-13-11-31)28-23-27-15-19-6-7-32(17-21(19)29-23)24(33)35-25(2,3)4/h14-16H,6-13,17H2,1-5H3,(H,27,28,29). The Bertz CT molecular complexity index is 1030. The second-order valence-electron chi connectivity index (χ2n) is 10.2. The third-order valence-electron chi connectivity index (χ3n) is 6.12. The van der Waals surface area contributed by atoms with E-state index in [0.717, 1.165) is 67.7 Å². The van der Waals surface area contributed by atoms with E-state index >= 15 is 0 Å². The summed E-state index contributed by atoms with van der Waals surface area (Å²) in [4.78, 5) is 32.6. The van der Waals surface area contributed by atoms with Gasteiger partial charge >= 0.3 is 6.09 Å². The highest BCUT2D eigenvalue weighted by Gasteiger charge is 2.27. The lowest BCUT2D eigenvalue weighted by Gasteiger charge is -2.30. The third-order valence-corrected chi connectivity index (χ3v) is 6.12. The number of hydrogen-bond acceptors (Lipinski definition) is 9. The molecule has 0 aliphatic carbocycles. The predicted octanol–water partition coefficient (Wildman–Crippen LogP) is 2.99. The van der Waals surface area contributed by atoms with Crippen molar-refractivity contribution in [2.24, 2.45) is 0 Å². The van der Waals surface area contributed by atoms with Gasteiger partial charge in [0.1, 0.15) is 11.4 Å². The van der Waals surface area contributed by atoms with Gasteiger partial charge in [-0.2, -0.15) is 0 Å². The lowest BCUT2D eigenvalue weighted by Crippen LogP contribution is -2.41. The van der Waals surface area contributed by atoms with Crippen LogP contribution < -0.4 is 10.2 Å². The summed E-state index contributed by atoms with van der Waals surface area (Å²) in [6.07, 6.45) is 4.04. The van der Waals surface area contributed by atoms with Crippen LogP contribution >= 0.6 is 0 Å². The van der Waals surface area contributed by atoms with E-state index in [4.69, 9.17) is 14.5 Å². The van der Waals surface area contributed by atoms with Crippen LogP contribution in [0.2, 0.25) is 0 Å². The van der Waals surface area contributed by atoms with Crippen LogP contribution in [0.25, 0.3) is 0 Å². The Kier molecular flexibility index (Phi) is 7.71. The number of rotatable bonds is 6. The van der Waals surface area contributed by atoms with Crippen molar-refractivity contribution in [2.75, 3.05) is 63.2 Å². The highest BCUT2D eigenvalue weighted by Crippen LogP contribution is 2.24. The van der Waals surface area contributed by atoms with Crippen LogP contribution in [0.15, 0.2) is 18.5 Å². The topological polar surface area (TPSA) is 96.0 Å². The van der Waals surface area contributed by atoms with Gasteiger partial charge in [-0.15, -0.1) is 0 Å². The number of nitrogens with one attached hydrogen (secondary N) is 1. The van der Waals surface area contributed by atoms with Crippen molar-refractivity contribution in [1.29, 1.82) is 0 Å². The highest BCUT2D eigenvalue weighted by molar-refractivity contribution is 5.68. The number of aryl methyl sites for hydroxylation is 1. The molecule has 0 atom stereocenters. The average molecular weight is 484 g/mol. The van der Waals surface area contributed by atoms with Crippen molar-refractivity contribution in [3.8, 4) is 0 Å². The number of pyridine rings is 1. The molecule has 0 spiro atoms. The first-order valence-corrected chi connectivity index (χ1v) is 12.3. The minimum Gasteiger partial charge on any atom is -0.444 e. The molecule has 0 saturated carbocycles. The molecule has 0 unspecified atom stereocenters. The Labute approximate surface area is 207 Å². The van der Waals surface area contributed by atoms with Gasteiger partial charge in [0.15, 0.2) is 0 Å². The second kappa shape index (κ2) is 10.7. The number of morpholine rings is 1. The van der Waals surface area contributed by atoms with Gasteiger partial charge in [0, 0.05) is 46.0 Å². The number of anilines is 3. The van der Waals surface area contributed by atoms with Gasteiger partial charge in [-0.1, -0.05) is 0 Å². The van der Waals surface area contributed by atoms with Crippen LogP contribution in [-0.2, 0) is 22.4 Å². The molecule has 0 radical (unpaired) electrons. The van der Waals surface area contributed by atoms with E-state index in [9.17, 15) is 4.79 Å². The van der Waals surface area contributed by atoms with Crippen LogP contribution in [0, 0.1) is 6.92 Å². The van der Waals surface area contributed by atoms with Crippen LogP contribution in [0.3, 0.4) is 0 Å². The SMILES string of the molecule is Cc1cc(Nc2ncc3c(n2)CN(C(=O)OC(C)(C)C)CC3)cnc1N(C)CCN1CCOCC1.